The van der Waals surface area contributed by atoms with Crippen molar-refractivity contribution in [1.82, 2.24) is 9.97 Å². The first-order valence-electron chi connectivity index (χ1n) is 7.43. The van der Waals surface area contributed by atoms with Crippen LogP contribution in [0.25, 0.3) is 0 Å². The van der Waals surface area contributed by atoms with Crippen molar-refractivity contribution >= 4 is 28.8 Å². The van der Waals surface area contributed by atoms with Gasteiger partial charge in [0.15, 0.2) is 0 Å². The van der Waals surface area contributed by atoms with E-state index in [0.717, 1.165) is 27.9 Å². The molecular formula is C17H15N3O3S2. The number of hydrogen-bond acceptors (Lipinski definition) is 7. The highest BCUT2D eigenvalue weighted by Crippen LogP contribution is 2.24. The summed E-state index contributed by atoms with van der Waals surface area (Å²) in [4.78, 5) is 18.9. The molecule has 0 aliphatic heterocycles. The largest absolute Gasteiger partial charge is 0.497 e. The Morgan fingerprint density at radius 1 is 1.24 bits per heavy atom. The highest BCUT2D eigenvalue weighted by atomic mass is 32.2. The van der Waals surface area contributed by atoms with Crippen molar-refractivity contribution in [2.45, 2.75) is 17.2 Å². The van der Waals surface area contributed by atoms with E-state index in [1.165, 1.54) is 29.6 Å². The van der Waals surface area contributed by atoms with Crippen molar-refractivity contribution in [3.8, 4) is 5.75 Å². The number of rotatable bonds is 7. The molecule has 2 heterocycles. The molecule has 0 N–H and O–H groups in total. The Balaban J connectivity index is 1.56. The molecule has 0 fully saturated rings. The lowest BCUT2D eigenvalue weighted by molar-refractivity contribution is -0.385. The summed E-state index contributed by atoms with van der Waals surface area (Å²) in [6.45, 7) is 0. The fourth-order valence-electron chi connectivity index (χ4n) is 2.13. The normalized spacial score (nSPS) is 10.6. The average molecular weight is 373 g/mol. The monoisotopic (exact) mass is 373 g/mol. The quantitative estimate of drug-likeness (QED) is 0.348. The molecule has 3 rings (SSSR count). The Labute approximate surface area is 153 Å². The number of thiazole rings is 1. The number of pyridine rings is 1. The molecular weight excluding hydrogens is 358 g/mol. The molecule has 25 heavy (non-hydrogen) atoms. The maximum Gasteiger partial charge on any atom is 0.287 e. The number of hydrogen-bond donors (Lipinski definition) is 0. The van der Waals surface area contributed by atoms with Gasteiger partial charge in [0.25, 0.3) is 5.69 Å². The van der Waals surface area contributed by atoms with Crippen LogP contribution in [0.15, 0.2) is 53.0 Å². The smallest absolute Gasteiger partial charge is 0.287 e. The van der Waals surface area contributed by atoms with Gasteiger partial charge in [-0.15, -0.1) is 11.3 Å². The number of thioether (sulfide) groups is 1. The van der Waals surface area contributed by atoms with Gasteiger partial charge in [0.05, 0.1) is 27.8 Å². The highest BCUT2D eigenvalue weighted by Gasteiger charge is 2.08. The van der Waals surface area contributed by atoms with Gasteiger partial charge in [-0.1, -0.05) is 23.9 Å². The second-order valence-electron chi connectivity index (χ2n) is 5.16. The SMILES string of the molecule is COc1ccc(Cc2nc(CSc3ccc([N+](=O)[O-])cn3)cs2)cc1. The molecule has 0 aliphatic rings. The second-order valence-corrected chi connectivity index (χ2v) is 7.10. The van der Waals surface area contributed by atoms with E-state index in [9.17, 15) is 10.1 Å². The highest BCUT2D eigenvalue weighted by molar-refractivity contribution is 7.98. The Bertz CT molecular complexity index is 848. The molecule has 0 spiro atoms. The summed E-state index contributed by atoms with van der Waals surface area (Å²) in [6, 6.07) is 11.1. The molecule has 0 saturated carbocycles. The van der Waals surface area contributed by atoms with Crippen LogP contribution in [0.5, 0.6) is 5.75 Å². The van der Waals surface area contributed by atoms with Gasteiger partial charge >= 0.3 is 0 Å². The standard InChI is InChI=1S/C17H15N3O3S2/c1-23-15-5-2-12(3-6-15)8-17-19-13(11-25-17)10-24-16-7-4-14(9-18-16)20(21)22/h2-7,9,11H,8,10H2,1H3. The molecule has 3 aromatic rings. The lowest BCUT2D eigenvalue weighted by atomic mass is 10.1. The Hall–Kier alpha value is -2.45. The molecule has 0 amide bonds. The fraction of sp³-hybridized carbons (Fsp3) is 0.176. The molecule has 6 nitrogen and oxygen atoms in total. The Kier molecular flexibility index (Phi) is 5.62. The number of ether oxygens (including phenoxy) is 1. The lowest BCUT2D eigenvalue weighted by Crippen LogP contribution is -1.91. The zero-order valence-electron chi connectivity index (χ0n) is 13.4. The van der Waals surface area contributed by atoms with Crippen molar-refractivity contribution in [3.63, 3.8) is 0 Å². The zero-order valence-corrected chi connectivity index (χ0v) is 15.0. The fourth-order valence-corrected chi connectivity index (χ4v) is 3.80. The molecule has 0 radical (unpaired) electrons. The number of nitro groups is 1. The lowest BCUT2D eigenvalue weighted by Gasteiger charge is -2.01. The van der Waals surface area contributed by atoms with Gasteiger partial charge in [-0.05, 0) is 23.8 Å². The summed E-state index contributed by atoms with van der Waals surface area (Å²) in [5, 5.41) is 14.5. The minimum atomic E-state index is -0.451. The molecule has 0 bridgehead atoms. The maximum absolute atomic E-state index is 10.6. The van der Waals surface area contributed by atoms with Crippen LogP contribution in [-0.4, -0.2) is 22.0 Å². The topological polar surface area (TPSA) is 78.2 Å². The van der Waals surface area contributed by atoms with Crippen LogP contribution in [0.2, 0.25) is 0 Å². The average Bonchev–Trinajstić information content (AvgIpc) is 3.08. The van der Waals surface area contributed by atoms with E-state index in [0.29, 0.717) is 5.75 Å². The molecule has 1 aromatic carbocycles. The summed E-state index contributed by atoms with van der Waals surface area (Å²) in [7, 11) is 1.65. The van der Waals surface area contributed by atoms with E-state index < -0.39 is 4.92 Å². The van der Waals surface area contributed by atoms with Crippen LogP contribution in [0.1, 0.15) is 16.3 Å². The second kappa shape index (κ2) is 8.09. The minimum absolute atomic E-state index is 0.000198. The first-order valence-corrected chi connectivity index (χ1v) is 9.30. The van der Waals surface area contributed by atoms with E-state index in [4.69, 9.17) is 4.74 Å². The van der Waals surface area contributed by atoms with Crippen LogP contribution >= 0.6 is 23.1 Å². The van der Waals surface area contributed by atoms with E-state index in [-0.39, 0.29) is 5.69 Å². The first-order chi connectivity index (χ1) is 12.1. The van der Waals surface area contributed by atoms with Gasteiger partial charge in [0.1, 0.15) is 11.9 Å². The third kappa shape index (κ3) is 4.77. The Morgan fingerprint density at radius 3 is 2.68 bits per heavy atom. The number of benzene rings is 1. The van der Waals surface area contributed by atoms with Gasteiger partial charge in [-0.25, -0.2) is 9.97 Å². The predicted molar refractivity (Wildman–Crippen MR) is 98.4 cm³/mol. The van der Waals surface area contributed by atoms with Crippen molar-refractivity contribution in [2.75, 3.05) is 7.11 Å². The molecule has 2 aromatic heterocycles. The van der Waals surface area contributed by atoms with Crippen molar-refractivity contribution in [1.29, 1.82) is 0 Å². The summed E-state index contributed by atoms with van der Waals surface area (Å²) in [5.74, 6) is 1.53. The van der Waals surface area contributed by atoms with Gasteiger partial charge < -0.3 is 4.74 Å². The van der Waals surface area contributed by atoms with Crippen molar-refractivity contribution in [3.05, 3.63) is 74.4 Å². The molecule has 0 unspecified atom stereocenters. The van der Waals surface area contributed by atoms with Gasteiger partial charge in [0.2, 0.25) is 0 Å². The van der Waals surface area contributed by atoms with Gasteiger partial charge in [0, 0.05) is 23.6 Å². The molecule has 0 aliphatic carbocycles. The molecule has 0 atom stereocenters. The van der Waals surface area contributed by atoms with Crippen LogP contribution in [0, 0.1) is 10.1 Å². The molecule has 0 saturated heterocycles. The summed E-state index contributed by atoms with van der Waals surface area (Å²) >= 11 is 3.14. The van der Waals surface area contributed by atoms with E-state index in [1.807, 2.05) is 29.6 Å². The Morgan fingerprint density at radius 2 is 2.04 bits per heavy atom. The minimum Gasteiger partial charge on any atom is -0.497 e. The number of nitrogens with zero attached hydrogens (tertiary/aromatic N) is 3. The van der Waals surface area contributed by atoms with Crippen LogP contribution < -0.4 is 4.74 Å². The van der Waals surface area contributed by atoms with Crippen LogP contribution in [-0.2, 0) is 12.2 Å². The van der Waals surface area contributed by atoms with Gasteiger partial charge in [-0.3, -0.25) is 10.1 Å². The van der Waals surface area contributed by atoms with E-state index in [1.54, 1.807) is 24.5 Å². The van der Waals surface area contributed by atoms with E-state index >= 15 is 0 Å². The number of aromatic nitrogens is 2. The summed E-state index contributed by atoms with van der Waals surface area (Å²) in [5.41, 5.74) is 2.17. The van der Waals surface area contributed by atoms with Crippen molar-refractivity contribution in [2.24, 2.45) is 0 Å². The zero-order chi connectivity index (χ0) is 17.6. The third-order valence-electron chi connectivity index (χ3n) is 3.41. The third-order valence-corrected chi connectivity index (χ3v) is 5.29. The predicted octanol–water partition coefficient (Wildman–Crippen LogP) is 4.34. The first kappa shape index (κ1) is 17.4. The summed E-state index contributed by atoms with van der Waals surface area (Å²) < 4.78 is 5.16. The molecule has 8 heteroatoms. The van der Waals surface area contributed by atoms with Crippen LogP contribution in [0.4, 0.5) is 5.69 Å². The van der Waals surface area contributed by atoms with Crippen molar-refractivity contribution < 1.29 is 9.66 Å². The molecule has 128 valence electrons. The number of methoxy groups -OCH3 is 1. The van der Waals surface area contributed by atoms with Crippen LogP contribution in [0.3, 0.4) is 0 Å². The van der Waals surface area contributed by atoms with Gasteiger partial charge in [-0.2, -0.15) is 0 Å². The van der Waals surface area contributed by atoms with E-state index in [2.05, 4.69) is 9.97 Å². The maximum atomic E-state index is 10.6. The summed E-state index contributed by atoms with van der Waals surface area (Å²) in [6.07, 6.45) is 2.06.